The van der Waals surface area contributed by atoms with Crippen molar-refractivity contribution in [3.63, 3.8) is 0 Å². The molecule has 10 nitrogen and oxygen atoms in total. The number of ether oxygens (including phenoxy) is 6. The summed E-state index contributed by atoms with van der Waals surface area (Å²) in [7, 11) is 0. The molecule has 31 heavy (non-hydrogen) atoms. The van der Waals surface area contributed by atoms with Crippen LogP contribution in [0.4, 0.5) is 0 Å². The minimum Gasteiger partial charge on any atom is -0.463 e. The molecule has 1 aliphatic rings. The predicted octanol–water partition coefficient (Wildman–Crippen LogP) is 1.29. The van der Waals surface area contributed by atoms with E-state index in [2.05, 4.69) is 0 Å². The van der Waals surface area contributed by atoms with E-state index in [-0.39, 0.29) is 13.2 Å². The molecule has 170 valence electrons. The van der Waals surface area contributed by atoms with Crippen molar-refractivity contribution in [1.29, 1.82) is 0 Å². The average Bonchev–Trinajstić information content (AvgIpc) is 2.68. The Morgan fingerprint density at radius 1 is 0.774 bits per heavy atom. The Balaban J connectivity index is 2.35. The van der Waals surface area contributed by atoms with E-state index in [1.54, 1.807) is 0 Å². The van der Waals surface area contributed by atoms with Crippen LogP contribution in [0, 0.1) is 0 Å². The Labute approximate surface area is 179 Å². The number of hydrogen-bond acceptors (Lipinski definition) is 10. The molecule has 0 unspecified atom stereocenters. The van der Waals surface area contributed by atoms with E-state index in [9.17, 15) is 19.2 Å². The van der Waals surface area contributed by atoms with Crippen LogP contribution in [0.2, 0.25) is 0 Å². The Bertz CT molecular complexity index is 778. The minimum atomic E-state index is -1.25. The number of rotatable bonds is 8. The van der Waals surface area contributed by atoms with Gasteiger partial charge in [-0.3, -0.25) is 19.2 Å². The Morgan fingerprint density at radius 3 is 1.87 bits per heavy atom. The molecule has 1 saturated heterocycles. The molecule has 2 rings (SSSR count). The minimum absolute atomic E-state index is 0.0918. The molecule has 1 aromatic carbocycles. The number of carbonyl (C=O) groups excluding carboxylic acids is 4. The number of esters is 4. The van der Waals surface area contributed by atoms with E-state index >= 15 is 0 Å². The van der Waals surface area contributed by atoms with Crippen molar-refractivity contribution in [3.8, 4) is 0 Å². The fourth-order valence-electron chi connectivity index (χ4n) is 3.08. The molecule has 0 aromatic heterocycles. The number of hydrogen-bond donors (Lipinski definition) is 0. The molecule has 0 spiro atoms. The van der Waals surface area contributed by atoms with Gasteiger partial charge in [0, 0.05) is 27.7 Å². The Morgan fingerprint density at radius 2 is 1.32 bits per heavy atom. The van der Waals surface area contributed by atoms with Gasteiger partial charge in [-0.1, -0.05) is 30.3 Å². The molecule has 0 amide bonds. The summed E-state index contributed by atoms with van der Waals surface area (Å²) in [5, 5.41) is 0. The first-order valence-electron chi connectivity index (χ1n) is 9.63. The van der Waals surface area contributed by atoms with Gasteiger partial charge in [0.25, 0.3) is 0 Å². The SMILES string of the molecule is CC(=O)OC[C@H]1O[C@H](OCc2ccccc2)[C@H](OC(C)=O)[C@@H](OC(C)=O)[C@H]1OC(C)=O. The molecule has 0 saturated carbocycles. The number of carbonyl (C=O) groups is 4. The standard InChI is InChI=1S/C21H26O10/c1-12(22)26-11-17-18(28-13(2)23)19(29-14(3)24)20(30-15(4)25)21(31-17)27-10-16-8-6-5-7-9-16/h5-9,17-21H,10-11H2,1-4H3/t17-,18+,19+,20-,21+/m1/s1. The zero-order valence-corrected chi connectivity index (χ0v) is 17.8. The molecule has 0 aliphatic carbocycles. The number of benzene rings is 1. The highest BCUT2D eigenvalue weighted by Gasteiger charge is 2.52. The van der Waals surface area contributed by atoms with Crippen molar-refractivity contribution in [2.45, 2.75) is 65.0 Å². The van der Waals surface area contributed by atoms with Gasteiger partial charge < -0.3 is 28.4 Å². The van der Waals surface area contributed by atoms with Crippen LogP contribution in [0.5, 0.6) is 0 Å². The van der Waals surface area contributed by atoms with Crippen molar-refractivity contribution in [2.24, 2.45) is 0 Å². The third-order valence-electron chi connectivity index (χ3n) is 4.21. The van der Waals surface area contributed by atoms with Gasteiger partial charge in [0.15, 0.2) is 24.6 Å². The van der Waals surface area contributed by atoms with Crippen LogP contribution < -0.4 is 0 Å². The van der Waals surface area contributed by atoms with Crippen molar-refractivity contribution in [1.82, 2.24) is 0 Å². The van der Waals surface area contributed by atoms with Crippen molar-refractivity contribution >= 4 is 23.9 Å². The van der Waals surface area contributed by atoms with Crippen LogP contribution in [0.25, 0.3) is 0 Å². The average molecular weight is 438 g/mol. The zero-order chi connectivity index (χ0) is 23.0. The summed E-state index contributed by atoms with van der Waals surface area (Å²) in [6.07, 6.45) is -5.92. The fraction of sp³-hybridized carbons (Fsp3) is 0.524. The maximum absolute atomic E-state index is 11.8. The summed E-state index contributed by atoms with van der Waals surface area (Å²) >= 11 is 0. The van der Waals surface area contributed by atoms with E-state index in [1.807, 2.05) is 30.3 Å². The molecule has 1 heterocycles. The van der Waals surface area contributed by atoms with Crippen LogP contribution >= 0.6 is 0 Å². The second kappa shape index (κ2) is 11.4. The van der Waals surface area contributed by atoms with Crippen molar-refractivity contribution in [3.05, 3.63) is 35.9 Å². The molecule has 1 fully saturated rings. The van der Waals surface area contributed by atoms with E-state index in [1.165, 1.54) is 13.8 Å². The van der Waals surface area contributed by atoms with E-state index in [0.29, 0.717) is 0 Å². The zero-order valence-electron chi connectivity index (χ0n) is 17.8. The molecule has 0 bridgehead atoms. The van der Waals surface area contributed by atoms with Crippen LogP contribution in [-0.4, -0.2) is 61.2 Å². The summed E-state index contributed by atoms with van der Waals surface area (Å²) in [5.41, 5.74) is 0.815. The van der Waals surface area contributed by atoms with E-state index < -0.39 is 54.6 Å². The molecular weight excluding hydrogens is 412 g/mol. The van der Waals surface area contributed by atoms with E-state index in [4.69, 9.17) is 28.4 Å². The van der Waals surface area contributed by atoms with Gasteiger partial charge in [0.05, 0.1) is 6.61 Å². The van der Waals surface area contributed by atoms with Gasteiger partial charge in [-0.25, -0.2) is 0 Å². The quantitative estimate of drug-likeness (QED) is 0.433. The van der Waals surface area contributed by atoms with Gasteiger partial charge >= 0.3 is 23.9 Å². The molecule has 5 atom stereocenters. The molecule has 1 aliphatic heterocycles. The maximum Gasteiger partial charge on any atom is 0.303 e. The maximum atomic E-state index is 11.8. The van der Waals surface area contributed by atoms with Crippen LogP contribution in [0.1, 0.15) is 33.3 Å². The molecule has 0 radical (unpaired) electrons. The smallest absolute Gasteiger partial charge is 0.303 e. The predicted molar refractivity (Wildman–Crippen MR) is 103 cm³/mol. The lowest BCUT2D eigenvalue weighted by atomic mass is 9.98. The lowest BCUT2D eigenvalue weighted by Gasteiger charge is -2.44. The summed E-state index contributed by atoms with van der Waals surface area (Å²) in [5.74, 6) is -2.66. The highest BCUT2D eigenvalue weighted by Crippen LogP contribution is 2.30. The second-order valence-corrected chi connectivity index (χ2v) is 6.86. The fourth-order valence-corrected chi connectivity index (χ4v) is 3.08. The third kappa shape index (κ3) is 7.65. The lowest BCUT2D eigenvalue weighted by molar-refractivity contribution is -0.310. The highest BCUT2D eigenvalue weighted by atomic mass is 16.7. The third-order valence-corrected chi connectivity index (χ3v) is 4.21. The van der Waals surface area contributed by atoms with Crippen molar-refractivity contribution in [2.75, 3.05) is 6.61 Å². The van der Waals surface area contributed by atoms with Crippen molar-refractivity contribution < 1.29 is 47.6 Å². The monoisotopic (exact) mass is 438 g/mol. The Hall–Kier alpha value is -2.98. The van der Waals surface area contributed by atoms with Gasteiger partial charge in [-0.05, 0) is 5.56 Å². The topological polar surface area (TPSA) is 124 Å². The Kier molecular flexibility index (Phi) is 8.95. The largest absolute Gasteiger partial charge is 0.463 e. The normalized spacial score (nSPS) is 25.2. The molecular formula is C21H26O10. The van der Waals surface area contributed by atoms with Gasteiger partial charge in [0.2, 0.25) is 0 Å². The first-order valence-corrected chi connectivity index (χ1v) is 9.63. The summed E-state index contributed by atoms with van der Waals surface area (Å²) in [4.78, 5) is 46.5. The lowest BCUT2D eigenvalue weighted by Crippen LogP contribution is -2.62. The molecule has 1 aromatic rings. The summed E-state index contributed by atoms with van der Waals surface area (Å²) in [6.45, 7) is 4.49. The first-order chi connectivity index (χ1) is 14.7. The summed E-state index contributed by atoms with van der Waals surface area (Å²) < 4.78 is 32.6. The molecule has 0 N–H and O–H groups in total. The van der Waals surface area contributed by atoms with Crippen LogP contribution in [0.15, 0.2) is 30.3 Å². The van der Waals surface area contributed by atoms with Crippen LogP contribution in [0.3, 0.4) is 0 Å². The second-order valence-electron chi connectivity index (χ2n) is 6.86. The van der Waals surface area contributed by atoms with Gasteiger partial charge in [-0.15, -0.1) is 0 Å². The van der Waals surface area contributed by atoms with Gasteiger partial charge in [0.1, 0.15) is 12.7 Å². The van der Waals surface area contributed by atoms with Gasteiger partial charge in [-0.2, -0.15) is 0 Å². The van der Waals surface area contributed by atoms with E-state index in [0.717, 1.165) is 19.4 Å². The molecule has 10 heteroatoms. The highest BCUT2D eigenvalue weighted by molar-refractivity contribution is 5.68. The summed E-state index contributed by atoms with van der Waals surface area (Å²) in [6, 6.07) is 9.14. The van der Waals surface area contributed by atoms with Crippen LogP contribution in [-0.2, 0) is 54.2 Å². The first kappa shape index (κ1) is 24.3.